The normalized spacial score (nSPS) is 20.5. The van der Waals surface area contributed by atoms with Crippen LogP contribution in [0, 0.1) is 0 Å². The van der Waals surface area contributed by atoms with Crippen molar-refractivity contribution in [1.29, 1.82) is 0 Å². The Hall–Kier alpha value is -4.15. The maximum atomic E-state index is 13.2. The van der Waals surface area contributed by atoms with Gasteiger partial charge in [-0.1, -0.05) is 54.6 Å². The summed E-state index contributed by atoms with van der Waals surface area (Å²) >= 11 is 0. The van der Waals surface area contributed by atoms with Crippen molar-refractivity contribution >= 4 is 30.3 Å². The molecule has 0 aromatic heterocycles. The maximum Gasteiger partial charge on any atom is 0.416 e. The van der Waals surface area contributed by atoms with Gasteiger partial charge in [0.2, 0.25) is 11.8 Å². The van der Waals surface area contributed by atoms with Gasteiger partial charge in [-0.3, -0.25) is 14.5 Å². The zero-order valence-electron chi connectivity index (χ0n) is 19.6. The van der Waals surface area contributed by atoms with Gasteiger partial charge in [-0.2, -0.15) is 13.2 Å². The number of ether oxygens (including phenoxy) is 1. The maximum absolute atomic E-state index is 13.2. The lowest BCUT2D eigenvalue weighted by Crippen LogP contribution is -2.74. The van der Waals surface area contributed by atoms with Crippen molar-refractivity contribution in [2.45, 2.75) is 37.3 Å². The first-order chi connectivity index (χ1) is 17.7. The number of rotatable bonds is 9. The number of likely N-dealkylation sites (tertiary alicyclic amines) is 1. The van der Waals surface area contributed by atoms with Crippen molar-refractivity contribution in [2.75, 3.05) is 13.2 Å². The molecule has 2 aromatic rings. The number of hydrogen-bond donors (Lipinski definition) is 1. The lowest BCUT2D eigenvalue weighted by molar-refractivity contribution is -0.162. The molecule has 2 fully saturated rings. The predicted molar refractivity (Wildman–Crippen MR) is 126 cm³/mol. The number of halogens is 3. The van der Waals surface area contributed by atoms with Crippen LogP contribution in [-0.2, 0) is 31.8 Å². The molecule has 37 heavy (non-hydrogen) atoms. The number of cyclic esters (lactones) is 1. The number of nitrogens with one attached hydrogen (secondary N) is 1. The van der Waals surface area contributed by atoms with E-state index in [9.17, 15) is 32.3 Å². The topological polar surface area (TPSA) is 96.0 Å². The minimum Gasteiger partial charge on any atom is -0.448 e. The van der Waals surface area contributed by atoms with E-state index in [4.69, 9.17) is 4.74 Å². The summed E-state index contributed by atoms with van der Waals surface area (Å²) in [5, 5.41) is 2.53. The van der Waals surface area contributed by atoms with Crippen molar-refractivity contribution < 1.29 is 37.1 Å². The average Bonchev–Trinajstić information content (AvgIpc) is 3.29. The number of benzene rings is 2. The lowest BCUT2D eigenvalue weighted by atomic mass is 9.89. The monoisotopic (exact) mass is 515 g/mol. The van der Waals surface area contributed by atoms with E-state index in [1.54, 1.807) is 12.2 Å². The number of aldehydes is 1. The molecule has 11 heteroatoms. The summed E-state index contributed by atoms with van der Waals surface area (Å²) in [6.07, 6.45) is -1.57. The summed E-state index contributed by atoms with van der Waals surface area (Å²) in [6, 6.07) is 10.8. The highest BCUT2D eigenvalue weighted by Crippen LogP contribution is 2.32. The van der Waals surface area contributed by atoms with Gasteiger partial charge in [0, 0.05) is 13.0 Å². The first-order valence-electron chi connectivity index (χ1n) is 11.6. The molecule has 2 aliphatic heterocycles. The standard InChI is InChI=1S/C26H24F3N3O5/c27-26(28,29)19-8-4-7-18(15-19)16-30-23(34)21(11-13-33)32-20(10-9-17-5-2-1-3-6-17)22(24(32)35)31-12-14-37-25(31)36/h1-10,13,15,20-22H,11-12,14,16H2,(H,30,34)/b10-9+/t20-,21+,22+/m1/s1. The summed E-state index contributed by atoms with van der Waals surface area (Å²) in [4.78, 5) is 52.4. The highest BCUT2D eigenvalue weighted by atomic mass is 19.4. The minimum atomic E-state index is -4.53. The molecular formula is C26H24F3N3O5. The first-order valence-corrected chi connectivity index (χ1v) is 11.6. The molecule has 0 aliphatic carbocycles. The second-order valence-corrected chi connectivity index (χ2v) is 8.59. The Morgan fingerprint density at radius 2 is 1.89 bits per heavy atom. The van der Waals surface area contributed by atoms with Crippen LogP contribution in [0.4, 0.5) is 18.0 Å². The van der Waals surface area contributed by atoms with Gasteiger partial charge in [-0.05, 0) is 23.3 Å². The van der Waals surface area contributed by atoms with Crippen LogP contribution >= 0.6 is 0 Å². The van der Waals surface area contributed by atoms with Gasteiger partial charge in [0.1, 0.15) is 25.0 Å². The second-order valence-electron chi connectivity index (χ2n) is 8.59. The Labute approximate surface area is 210 Å². The lowest BCUT2D eigenvalue weighted by Gasteiger charge is -2.51. The molecule has 2 saturated heterocycles. The van der Waals surface area contributed by atoms with E-state index in [0.717, 1.165) is 17.7 Å². The number of hydrogen-bond acceptors (Lipinski definition) is 5. The summed E-state index contributed by atoms with van der Waals surface area (Å²) in [7, 11) is 0. The minimum absolute atomic E-state index is 0.132. The van der Waals surface area contributed by atoms with Crippen LogP contribution in [0.5, 0.6) is 0 Å². The molecule has 2 aromatic carbocycles. The van der Waals surface area contributed by atoms with Crippen LogP contribution in [0.1, 0.15) is 23.1 Å². The number of amides is 3. The predicted octanol–water partition coefficient (Wildman–Crippen LogP) is 3.02. The van der Waals surface area contributed by atoms with Gasteiger partial charge in [-0.25, -0.2) is 4.79 Å². The third-order valence-corrected chi connectivity index (χ3v) is 6.24. The first kappa shape index (κ1) is 25.9. The van der Waals surface area contributed by atoms with Crippen LogP contribution in [0.3, 0.4) is 0 Å². The fourth-order valence-electron chi connectivity index (χ4n) is 4.43. The summed E-state index contributed by atoms with van der Waals surface area (Å²) in [5.74, 6) is -1.22. The van der Waals surface area contributed by atoms with Crippen LogP contribution in [0.25, 0.3) is 6.08 Å². The van der Waals surface area contributed by atoms with E-state index in [1.807, 2.05) is 30.3 Å². The molecule has 4 rings (SSSR count). The molecule has 0 unspecified atom stereocenters. The van der Waals surface area contributed by atoms with Gasteiger partial charge in [0.05, 0.1) is 18.2 Å². The number of carbonyl (C=O) groups is 4. The highest BCUT2D eigenvalue weighted by molar-refractivity contribution is 5.98. The van der Waals surface area contributed by atoms with Crippen LogP contribution in [-0.4, -0.2) is 65.3 Å². The molecule has 0 bridgehead atoms. The van der Waals surface area contributed by atoms with Gasteiger partial charge in [-0.15, -0.1) is 0 Å². The zero-order chi connectivity index (χ0) is 26.6. The van der Waals surface area contributed by atoms with Crippen molar-refractivity contribution in [2.24, 2.45) is 0 Å². The van der Waals surface area contributed by atoms with Crippen LogP contribution < -0.4 is 5.32 Å². The molecule has 8 nitrogen and oxygen atoms in total. The second kappa shape index (κ2) is 10.9. The van der Waals surface area contributed by atoms with Crippen molar-refractivity contribution in [3.05, 3.63) is 77.4 Å². The molecule has 2 aliphatic rings. The fourth-order valence-corrected chi connectivity index (χ4v) is 4.43. The Morgan fingerprint density at radius 3 is 2.54 bits per heavy atom. The summed E-state index contributed by atoms with van der Waals surface area (Å²) < 4.78 is 44.0. The molecule has 3 atom stereocenters. The van der Waals surface area contributed by atoms with E-state index in [2.05, 4.69) is 5.32 Å². The van der Waals surface area contributed by atoms with Crippen molar-refractivity contribution in [3.63, 3.8) is 0 Å². The molecule has 0 spiro atoms. The number of carbonyl (C=O) groups excluding carboxylic acids is 4. The van der Waals surface area contributed by atoms with Gasteiger partial charge >= 0.3 is 12.3 Å². The number of nitrogens with zero attached hydrogens (tertiary/aromatic N) is 2. The molecule has 0 radical (unpaired) electrons. The third kappa shape index (κ3) is 5.65. The van der Waals surface area contributed by atoms with E-state index in [1.165, 1.54) is 21.9 Å². The van der Waals surface area contributed by atoms with Gasteiger partial charge < -0.3 is 19.7 Å². The zero-order valence-corrected chi connectivity index (χ0v) is 19.6. The Morgan fingerprint density at radius 1 is 1.14 bits per heavy atom. The van der Waals surface area contributed by atoms with Crippen LogP contribution in [0.2, 0.25) is 0 Å². The molecule has 1 N–H and O–H groups in total. The molecule has 0 saturated carbocycles. The van der Waals surface area contributed by atoms with Gasteiger partial charge in [0.25, 0.3) is 0 Å². The summed E-state index contributed by atoms with van der Waals surface area (Å²) in [6.45, 7) is 0.109. The van der Waals surface area contributed by atoms with Crippen molar-refractivity contribution in [3.8, 4) is 0 Å². The average molecular weight is 515 g/mol. The SMILES string of the molecule is O=CC[C@@H](C(=O)NCc1cccc(C(F)(F)F)c1)N1C(=O)[C@@H](N2CCOC2=O)[C@H]1/C=C/c1ccccc1. The molecule has 3 amide bonds. The van der Waals surface area contributed by atoms with E-state index in [-0.39, 0.29) is 31.7 Å². The molecular weight excluding hydrogens is 491 g/mol. The van der Waals surface area contributed by atoms with Crippen LogP contribution in [0.15, 0.2) is 60.7 Å². The van der Waals surface area contributed by atoms with Gasteiger partial charge in [0.15, 0.2) is 0 Å². The Kier molecular flexibility index (Phi) is 7.61. The fraction of sp³-hybridized carbons (Fsp3) is 0.308. The van der Waals surface area contributed by atoms with E-state index >= 15 is 0 Å². The molecule has 2 heterocycles. The van der Waals surface area contributed by atoms with E-state index in [0.29, 0.717) is 6.29 Å². The molecule has 194 valence electrons. The summed E-state index contributed by atoms with van der Waals surface area (Å²) in [5.41, 5.74) is 0.180. The largest absolute Gasteiger partial charge is 0.448 e. The quantitative estimate of drug-likeness (QED) is 0.409. The highest BCUT2D eigenvalue weighted by Gasteiger charge is 2.55. The third-order valence-electron chi connectivity index (χ3n) is 6.24. The smallest absolute Gasteiger partial charge is 0.416 e. The Bertz CT molecular complexity index is 1200. The number of alkyl halides is 3. The number of β-lactam (4-membered cyclic amide) rings is 1. The van der Waals surface area contributed by atoms with E-state index < -0.39 is 47.8 Å². The van der Waals surface area contributed by atoms with Crippen molar-refractivity contribution in [1.82, 2.24) is 15.1 Å². The Balaban J connectivity index is 1.54.